The molecular weight excluding hydrogens is 377 g/mol. The molecule has 2 aromatic carbocycles. The summed E-state index contributed by atoms with van der Waals surface area (Å²) in [6, 6.07) is 12.9. The normalized spacial score (nSPS) is 12.0. The second-order valence-corrected chi connectivity index (χ2v) is 7.16. The highest BCUT2D eigenvalue weighted by atomic mass is 35.5. The Balaban J connectivity index is 1.71. The van der Waals surface area contributed by atoms with E-state index in [0.717, 1.165) is 11.8 Å². The fourth-order valence-electron chi connectivity index (χ4n) is 2.17. The average Bonchev–Trinajstić information content (AvgIpc) is 2.98. The maximum absolute atomic E-state index is 13.9. The number of carbonyl (C=O) groups excluding carboxylic acids is 1. The fraction of sp³-hybridized carbons (Fsp3) is 0.118. The largest absolute Gasteiger partial charge is 0.335 e. The first-order valence-corrected chi connectivity index (χ1v) is 8.90. The van der Waals surface area contributed by atoms with Crippen molar-refractivity contribution in [2.75, 3.05) is 11.2 Å². The van der Waals surface area contributed by atoms with Gasteiger partial charge in [0.1, 0.15) is 5.82 Å². The molecule has 1 aromatic heterocycles. The van der Waals surface area contributed by atoms with Crippen LogP contribution in [0, 0.1) is 5.82 Å². The number of amides is 1. The maximum atomic E-state index is 13.9. The molecule has 0 unspecified atom stereocenters. The lowest BCUT2D eigenvalue weighted by Gasteiger charge is -2.11. The summed E-state index contributed by atoms with van der Waals surface area (Å²) in [5, 5.41) is 11.1. The van der Waals surface area contributed by atoms with E-state index in [0.29, 0.717) is 15.9 Å². The van der Waals surface area contributed by atoms with Crippen molar-refractivity contribution in [3.05, 3.63) is 59.4 Å². The van der Waals surface area contributed by atoms with Crippen LogP contribution in [0.1, 0.15) is 6.92 Å². The van der Waals surface area contributed by atoms with Gasteiger partial charge in [-0.05, 0) is 43.3 Å². The third-order valence-corrected chi connectivity index (χ3v) is 4.85. The van der Waals surface area contributed by atoms with Crippen LogP contribution < -0.4 is 11.2 Å². The Labute approximate surface area is 158 Å². The van der Waals surface area contributed by atoms with Crippen molar-refractivity contribution in [2.24, 2.45) is 0 Å². The Bertz CT molecular complexity index is 931. The fourth-order valence-corrected chi connectivity index (χ4v) is 3.07. The molecule has 1 heterocycles. The van der Waals surface area contributed by atoms with Gasteiger partial charge >= 0.3 is 0 Å². The molecule has 0 radical (unpaired) electrons. The number of nitrogens with one attached hydrogen (secondary N) is 1. The number of carbonyl (C=O) groups is 1. The molecule has 0 aliphatic carbocycles. The van der Waals surface area contributed by atoms with E-state index < -0.39 is 11.1 Å². The number of halogens is 2. The van der Waals surface area contributed by atoms with Crippen molar-refractivity contribution in [2.45, 2.75) is 17.3 Å². The van der Waals surface area contributed by atoms with Gasteiger partial charge in [-0.1, -0.05) is 35.5 Å². The van der Waals surface area contributed by atoms with Crippen molar-refractivity contribution in [1.82, 2.24) is 14.9 Å². The zero-order valence-corrected chi connectivity index (χ0v) is 15.3. The van der Waals surface area contributed by atoms with Crippen LogP contribution in [0.2, 0.25) is 5.02 Å². The van der Waals surface area contributed by atoms with E-state index in [9.17, 15) is 9.18 Å². The Morgan fingerprint density at radius 2 is 1.92 bits per heavy atom. The first kappa shape index (κ1) is 18.2. The molecule has 0 aliphatic rings. The minimum atomic E-state index is -0.495. The van der Waals surface area contributed by atoms with Gasteiger partial charge in [-0.3, -0.25) is 4.79 Å². The molecule has 3 rings (SSSR count). The van der Waals surface area contributed by atoms with Gasteiger partial charge in [0.05, 0.1) is 10.8 Å². The van der Waals surface area contributed by atoms with Crippen LogP contribution in [0.4, 0.5) is 10.1 Å². The van der Waals surface area contributed by atoms with Gasteiger partial charge in [0.25, 0.3) is 0 Å². The lowest BCUT2D eigenvalue weighted by atomic mass is 10.2. The smallest absolute Gasteiger partial charge is 0.237 e. The summed E-state index contributed by atoms with van der Waals surface area (Å²) in [5.41, 5.74) is 0.876. The molecule has 3 aromatic rings. The van der Waals surface area contributed by atoms with Crippen LogP contribution in [0.25, 0.3) is 11.4 Å². The Morgan fingerprint density at radius 1 is 1.23 bits per heavy atom. The number of nitrogens with zero attached hydrogens (tertiary/aromatic N) is 3. The lowest BCUT2D eigenvalue weighted by molar-refractivity contribution is -0.115. The molecule has 6 nitrogen and oxygen atoms in total. The van der Waals surface area contributed by atoms with Crippen LogP contribution >= 0.6 is 23.4 Å². The highest BCUT2D eigenvalue weighted by molar-refractivity contribution is 8.00. The predicted molar refractivity (Wildman–Crippen MR) is 101 cm³/mol. The summed E-state index contributed by atoms with van der Waals surface area (Å²) in [5.74, 6) is 5.49. The van der Waals surface area contributed by atoms with Gasteiger partial charge in [0.15, 0.2) is 5.82 Å². The van der Waals surface area contributed by atoms with Crippen LogP contribution in [0.15, 0.2) is 53.7 Å². The van der Waals surface area contributed by atoms with E-state index in [1.807, 2.05) is 0 Å². The lowest BCUT2D eigenvalue weighted by Crippen LogP contribution is -2.23. The number of nitrogen functional groups attached to an aromatic ring is 1. The highest BCUT2D eigenvalue weighted by Crippen LogP contribution is 2.26. The molecule has 1 atom stereocenters. The third-order valence-electron chi connectivity index (χ3n) is 3.54. The van der Waals surface area contributed by atoms with Crippen molar-refractivity contribution >= 4 is 35.0 Å². The number of rotatable bonds is 5. The molecule has 134 valence electrons. The number of anilines is 1. The summed E-state index contributed by atoms with van der Waals surface area (Å²) in [6.45, 7) is 1.72. The first-order valence-electron chi connectivity index (χ1n) is 7.64. The topological polar surface area (TPSA) is 85.8 Å². The van der Waals surface area contributed by atoms with Gasteiger partial charge in [-0.15, -0.1) is 10.2 Å². The predicted octanol–water partition coefficient (Wildman–Crippen LogP) is 3.57. The maximum Gasteiger partial charge on any atom is 0.237 e. The molecule has 0 saturated heterocycles. The molecule has 0 aliphatic heterocycles. The minimum Gasteiger partial charge on any atom is -0.335 e. The number of hydrogen-bond donors (Lipinski definition) is 2. The van der Waals surface area contributed by atoms with Crippen molar-refractivity contribution in [3.8, 4) is 11.4 Å². The Morgan fingerprint density at radius 3 is 2.62 bits per heavy atom. The summed E-state index contributed by atoms with van der Waals surface area (Å²) in [4.78, 5) is 12.3. The van der Waals surface area contributed by atoms with E-state index in [1.54, 1.807) is 49.4 Å². The number of hydrogen-bond acceptors (Lipinski definition) is 5. The van der Waals surface area contributed by atoms with Gasteiger partial charge in [0.2, 0.25) is 11.1 Å². The number of benzene rings is 2. The average molecular weight is 392 g/mol. The first-order chi connectivity index (χ1) is 12.5. The van der Waals surface area contributed by atoms with Crippen LogP contribution in [0.3, 0.4) is 0 Å². The number of nitrogens with two attached hydrogens (primary N) is 1. The van der Waals surface area contributed by atoms with Crippen LogP contribution in [0.5, 0.6) is 0 Å². The Hall–Kier alpha value is -2.58. The van der Waals surface area contributed by atoms with Crippen molar-refractivity contribution in [3.63, 3.8) is 0 Å². The second-order valence-electron chi connectivity index (χ2n) is 5.41. The minimum absolute atomic E-state index is 0.191. The van der Waals surface area contributed by atoms with E-state index in [-0.39, 0.29) is 17.3 Å². The number of thioether (sulfide) groups is 1. The molecule has 1 amide bonds. The monoisotopic (exact) mass is 391 g/mol. The molecule has 0 saturated carbocycles. The van der Waals surface area contributed by atoms with Crippen molar-refractivity contribution in [1.29, 1.82) is 0 Å². The van der Waals surface area contributed by atoms with Gasteiger partial charge in [0, 0.05) is 10.7 Å². The molecule has 9 heteroatoms. The zero-order valence-electron chi connectivity index (χ0n) is 13.7. The van der Waals surface area contributed by atoms with Crippen LogP contribution in [-0.2, 0) is 4.79 Å². The quantitative estimate of drug-likeness (QED) is 0.513. The molecule has 0 bridgehead atoms. The van der Waals surface area contributed by atoms with Gasteiger partial charge in [-0.25, -0.2) is 9.07 Å². The number of aromatic nitrogens is 3. The van der Waals surface area contributed by atoms with E-state index in [2.05, 4.69) is 15.5 Å². The third kappa shape index (κ3) is 3.97. The van der Waals surface area contributed by atoms with E-state index in [4.69, 9.17) is 17.4 Å². The Kier molecular flexibility index (Phi) is 5.43. The molecule has 26 heavy (non-hydrogen) atoms. The van der Waals surface area contributed by atoms with Crippen LogP contribution in [-0.4, -0.2) is 26.0 Å². The molecule has 0 spiro atoms. The van der Waals surface area contributed by atoms with Gasteiger partial charge in [-0.2, -0.15) is 0 Å². The summed E-state index contributed by atoms with van der Waals surface area (Å²) >= 11 is 6.95. The summed E-state index contributed by atoms with van der Waals surface area (Å²) in [6.07, 6.45) is 0. The zero-order chi connectivity index (χ0) is 18.7. The molecule has 0 fully saturated rings. The van der Waals surface area contributed by atoms with Gasteiger partial charge < -0.3 is 11.2 Å². The van der Waals surface area contributed by atoms with E-state index in [1.165, 1.54) is 10.7 Å². The standard InChI is InChI=1S/C17H15ClFN5OS/c1-10(16(25)21-12-8-6-11(18)7-9-12)26-17-23-22-15(24(17)20)13-4-2-3-5-14(13)19/h2-10H,20H2,1H3,(H,21,25)/t10-/m0/s1. The van der Waals surface area contributed by atoms with Crippen molar-refractivity contribution < 1.29 is 9.18 Å². The van der Waals surface area contributed by atoms with E-state index >= 15 is 0 Å². The SMILES string of the molecule is C[C@H](Sc1nnc(-c2ccccc2F)n1N)C(=O)Nc1ccc(Cl)cc1. The second kappa shape index (κ2) is 7.76. The molecule has 3 N–H and O–H groups in total. The summed E-state index contributed by atoms with van der Waals surface area (Å²) < 4.78 is 15.1. The molecular formula is C17H15ClFN5OS. The summed E-state index contributed by atoms with van der Waals surface area (Å²) in [7, 11) is 0. The highest BCUT2D eigenvalue weighted by Gasteiger charge is 2.21.